The lowest BCUT2D eigenvalue weighted by Crippen LogP contribution is -2.62. The number of ether oxygens (including phenoxy) is 3. The number of hydrogen-bond acceptors (Lipinski definition) is 13. The van der Waals surface area contributed by atoms with E-state index in [0.717, 1.165) is 5.56 Å². The normalized spacial score (nSPS) is 17.0. The molecule has 1 unspecified atom stereocenters. The second-order valence-electron chi connectivity index (χ2n) is 24.9. The van der Waals surface area contributed by atoms with Crippen LogP contribution in [-0.4, -0.2) is 126 Å². The minimum absolute atomic E-state index is 0.0944. The molecule has 1 aliphatic heterocycles. The van der Waals surface area contributed by atoms with E-state index in [1.54, 1.807) is 101 Å². The Hall–Kier alpha value is -5.31. The molecular weight excluding hydrogens is 970 g/mol. The maximum absolute atomic E-state index is 14.8. The van der Waals surface area contributed by atoms with Crippen molar-refractivity contribution in [3.05, 3.63) is 35.4 Å². The highest BCUT2D eigenvalue weighted by Crippen LogP contribution is 2.38. The smallest absolute Gasteiger partial charge is 0.460 e. The first kappa shape index (κ1) is 65.8. The Morgan fingerprint density at radius 2 is 1.08 bits per heavy atom. The zero-order valence-corrected chi connectivity index (χ0v) is 48.3. The topological polar surface area (TPSA) is 255 Å². The average Bonchev–Trinajstić information content (AvgIpc) is 3.45. The monoisotopic (exact) mass is 1060 g/mol. The second-order valence-corrected chi connectivity index (χ2v) is 24.9. The number of nitrogens with one attached hydrogen (secondary N) is 6. The lowest BCUT2D eigenvalue weighted by molar-refractivity contribution is -0.156. The summed E-state index contributed by atoms with van der Waals surface area (Å²) in [6, 6.07) is 0.109. The molecule has 0 aromatic heterocycles. The van der Waals surface area contributed by atoms with Gasteiger partial charge in [-0.2, -0.15) is 0 Å². The summed E-state index contributed by atoms with van der Waals surface area (Å²) in [5.74, 6) is -6.41. The lowest BCUT2D eigenvalue weighted by Gasteiger charge is -2.34. The highest BCUT2D eigenvalue weighted by Gasteiger charge is 2.54. The molecular formula is C54H90BFN6O13. The van der Waals surface area contributed by atoms with Gasteiger partial charge in [0, 0.05) is 12.8 Å². The van der Waals surface area contributed by atoms with Gasteiger partial charge in [0.15, 0.2) is 0 Å². The van der Waals surface area contributed by atoms with E-state index in [1.807, 2.05) is 54.5 Å². The maximum Gasteiger partial charge on any atom is 0.481 e. The van der Waals surface area contributed by atoms with E-state index in [4.69, 9.17) is 23.5 Å². The standard InChI is InChI=1S/C54H90BFN6O13/c1-32(2)29-36(45(67)61-39(25-22-28-56)55-74-53(16,17)54(18,19)75-55)59-47(69)42(49(4,5)6)62-46(68)37(30-34-24-21-20-23-33(34)3)58-43(65)35(26-27-40(63)71-50(7,8)9)57-44(66)38(31-41(64)72-51(10,11)12)60-48(70)73-52(13,14)15/h20-21,23-24,32,35-39,42H,22,25-31H2,1-19H3,(H,57,66)(H,58,65)(H,59,69)(H,60,70)(H,61,67)(H,62,68)/t35-,36-,37-,38-,39?,42+/m0/s1. The fourth-order valence-electron chi connectivity index (χ4n) is 7.73. The molecule has 1 aromatic rings. The van der Waals surface area contributed by atoms with Crippen LogP contribution in [0.3, 0.4) is 0 Å². The number of esters is 2. The third-order valence-corrected chi connectivity index (χ3v) is 12.1. The van der Waals surface area contributed by atoms with E-state index in [9.17, 15) is 42.7 Å². The van der Waals surface area contributed by atoms with Gasteiger partial charge in [0.1, 0.15) is 47.0 Å². The number of carbonyl (C=O) groups is 8. The largest absolute Gasteiger partial charge is 0.481 e. The fourth-order valence-corrected chi connectivity index (χ4v) is 7.73. The van der Waals surface area contributed by atoms with Crippen LogP contribution in [-0.2, 0) is 63.5 Å². The van der Waals surface area contributed by atoms with Gasteiger partial charge < -0.3 is 55.4 Å². The Morgan fingerprint density at radius 1 is 0.600 bits per heavy atom. The third kappa shape index (κ3) is 23.2. The lowest BCUT2D eigenvalue weighted by atomic mass is 9.75. The number of hydrogen-bond donors (Lipinski definition) is 6. The van der Waals surface area contributed by atoms with E-state index < -0.39 is 137 Å². The van der Waals surface area contributed by atoms with Gasteiger partial charge in [-0.3, -0.25) is 38.0 Å². The number of amides is 6. The van der Waals surface area contributed by atoms with E-state index >= 15 is 0 Å². The molecule has 21 heteroatoms. The van der Waals surface area contributed by atoms with E-state index in [1.165, 1.54) is 0 Å². The van der Waals surface area contributed by atoms with E-state index in [-0.39, 0.29) is 44.4 Å². The quantitative estimate of drug-likeness (QED) is 0.0385. The predicted molar refractivity (Wildman–Crippen MR) is 283 cm³/mol. The Bertz CT molecular complexity index is 2100. The Kier molecular flexibility index (Phi) is 23.8. The van der Waals surface area contributed by atoms with Crippen LogP contribution < -0.4 is 31.9 Å². The number of halogens is 1. The summed E-state index contributed by atoms with van der Waals surface area (Å²) >= 11 is 0. The van der Waals surface area contributed by atoms with Crippen LogP contribution in [0.5, 0.6) is 0 Å². The highest BCUT2D eigenvalue weighted by atomic mass is 19.1. The number of alkyl carbamates (subject to hydrolysis) is 1. The van der Waals surface area contributed by atoms with Gasteiger partial charge in [-0.05, 0) is 145 Å². The Balaban J connectivity index is 2.61. The van der Waals surface area contributed by atoms with Crippen molar-refractivity contribution >= 4 is 54.7 Å². The molecule has 6 atom stereocenters. The van der Waals surface area contributed by atoms with Crippen molar-refractivity contribution in [1.82, 2.24) is 31.9 Å². The minimum atomic E-state index is -1.63. The highest BCUT2D eigenvalue weighted by molar-refractivity contribution is 6.48. The van der Waals surface area contributed by atoms with E-state index in [0.29, 0.717) is 5.56 Å². The summed E-state index contributed by atoms with van der Waals surface area (Å²) in [4.78, 5) is 112. The molecule has 19 nitrogen and oxygen atoms in total. The molecule has 0 aliphatic carbocycles. The first-order valence-electron chi connectivity index (χ1n) is 26.0. The minimum Gasteiger partial charge on any atom is -0.460 e. The number of alkyl halides is 1. The van der Waals surface area contributed by atoms with Crippen LogP contribution in [0.2, 0.25) is 0 Å². The molecule has 6 amide bonds. The fraction of sp³-hybridized carbons (Fsp3) is 0.741. The van der Waals surface area contributed by atoms with Crippen LogP contribution in [0.25, 0.3) is 0 Å². The molecule has 6 N–H and O–H groups in total. The van der Waals surface area contributed by atoms with Gasteiger partial charge in [-0.1, -0.05) is 58.9 Å². The maximum atomic E-state index is 14.8. The van der Waals surface area contributed by atoms with Crippen molar-refractivity contribution in [1.29, 1.82) is 0 Å². The molecule has 0 bridgehead atoms. The predicted octanol–water partition coefficient (Wildman–Crippen LogP) is 6.18. The first-order valence-corrected chi connectivity index (χ1v) is 26.0. The summed E-state index contributed by atoms with van der Waals surface area (Å²) in [6.45, 7) is 32.2. The van der Waals surface area contributed by atoms with Crippen molar-refractivity contribution in [3.63, 3.8) is 0 Å². The van der Waals surface area contributed by atoms with Crippen molar-refractivity contribution in [3.8, 4) is 0 Å². The van der Waals surface area contributed by atoms with Gasteiger partial charge in [0.05, 0.1) is 30.2 Å². The molecule has 1 heterocycles. The molecule has 0 saturated carbocycles. The molecule has 0 spiro atoms. The van der Waals surface area contributed by atoms with Crippen LogP contribution in [0.4, 0.5) is 9.18 Å². The van der Waals surface area contributed by atoms with Crippen molar-refractivity contribution in [2.24, 2.45) is 11.3 Å². The van der Waals surface area contributed by atoms with Gasteiger partial charge in [-0.15, -0.1) is 0 Å². The van der Waals surface area contributed by atoms with E-state index in [2.05, 4.69) is 31.9 Å². The molecule has 75 heavy (non-hydrogen) atoms. The second kappa shape index (κ2) is 27.1. The summed E-state index contributed by atoms with van der Waals surface area (Å²) in [5, 5.41) is 16.3. The van der Waals surface area contributed by atoms with Gasteiger partial charge in [0.25, 0.3) is 0 Å². The molecule has 1 aliphatic rings. The number of carbonyl (C=O) groups excluding carboxylic acids is 8. The SMILES string of the molecule is Cc1ccccc1C[C@H](NC(=O)[C@H](CCC(=O)OC(C)(C)C)NC(=O)[C@H](CC(=O)OC(C)(C)C)NC(=O)OC(C)(C)C)C(=O)N[C@H](C(=O)N[C@@H](CC(C)C)C(=O)NC(CCCF)B1OC(C)(C)C(C)(C)O1)C(C)(C)C. The Morgan fingerprint density at radius 3 is 1.59 bits per heavy atom. The summed E-state index contributed by atoms with van der Waals surface area (Å²) < 4.78 is 42.3. The summed E-state index contributed by atoms with van der Waals surface area (Å²) in [5.41, 5.74) is -3.88. The van der Waals surface area contributed by atoms with Crippen LogP contribution in [0.15, 0.2) is 24.3 Å². The van der Waals surface area contributed by atoms with Crippen LogP contribution in [0, 0.1) is 18.3 Å². The number of aryl methyl sites for hydroxylation is 1. The molecule has 1 aromatic carbocycles. The van der Waals surface area contributed by atoms with Crippen molar-refractivity contribution < 1.29 is 66.3 Å². The van der Waals surface area contributed by atoms with Gasteiger partial charge in [-0.25, -0.2) is 4.79 Å². The molecule has 424 valence electrons. The Labute approximate surface area is 445 Å². The van der Waals surface area contributed by atoms with Crippen LogP contribution >= 0.6 is 0 Å². The molecule has 1 saturated heterocycles. The molecule has 0 radical (unpaired) electrons. The zero-order chi connectivity index (χ0) is 57.7. The van der Waals surface area contributed by atoms with Crippen molar-refractivity contribution in [2.45, 2.75) is 241 Å². The van der Waals surface area contributed by atoms with Crippen LogP contribution in [0.1, 0.15) is 174 Å². The summed E-state index contributed by atoms with van der Waals surface area (Å²) in [6.07, 6.45) is -2.05. The molecule has 2 rings (SSSR count). The summed E-state index contributed by atoms with van der Waals surface area (Å²) in [7, 11) is -0.902. The van der Waals surface area contributed by atoms with Gasteiger partial charge >= 0.3 is 25.2 Å². The number of rotatable bonds is 24. The number of benzene rings is 1. The molecule has 1 fully saturated rings. The zero-order valence-electron chi connectivity index (χ0n) is 48.3. The third-order valence-electron chi connectivity index (χ3n) is 12.1. The average molecular weight is 1060 g/mol. The first-order chi connectivity index (χ1) is 34.1. The van der Waals surface area contributed by atoms with Gasteiger partial charge in [0.2, 0.25) is 29.5 Å². The van der Waals surface area contributed by atoms with Crippen molar-refractivity contribution in [2.75, 3.05) is 6.67 Å².